The average molecular weight is 275 g/mol. The lowest BCUT2D eigenvalue weighted by molar-refractivity contribution is 0.208. The van der Waals surface area contributed by atoms with E-state index in [1.807, 2.05) is 12.1 Å². The van der Waals surface area contributed by atoms with E-state index in [4.69, 9.17) is 10.00 Å². The van der Waals surface area contributed by atoms with Crippen LogP contribution in [0.5, 0.6) is 5.75 Å². The van der Waals surface area contributed by atoms with Crippen molar-refractivity contribution >= 4 is 0 Å². The molecule has 0 spiro atoms. The van der Waals surface area contributed by atoms with Crippen molar-refractivity contribution in [2.45, 2.75) is 13.3 Å². The quantitative estimate of drug-likeness (QED) is 0.693. The van der Waals surface area contributed by atoms with Crippen LogP contribution in [0.15, 0.2) is 24.3 Å². The van der Waals surface area contributed by atoms with E-state index in [1.165, 1.54) is 6.42 Å². The molecule has 20 heavy (non-hydrogen) atoms. The van der Waals surface area contributed by atoms with Crippen molar-refractivity contribution in [3.63, 3.8) is 0 Å². The molecular weight excluding hydrogens is 250 g/mol. The lowest BCUT2D eigenvalue weighted by atomic mass is 10.2. The van der Waals surface area contributed by atoms with Gasteiger partial charge in [0.15, 0.2) is 0 Å². The van der Waals surface area contributed by atoms with Gasteiger partial charge in [0.2, 0.25) is 0 Å². The molecule has 4 nitrogen and oxygen atoms in total. The number of nitrogens with zero attached hydrogens (tertiary/aromatic N) is 3. The monoisotopic (exact) mass is 275 g/mol. The van der Waals surface area contributed by atoms with Gasteiger partial charge in [-0.2, -0.15) is 5.26 Å². The Hall–Kier alpha value is -1.57. The minimum absolute atomic E-state index is 0.663. The number of nitriles is 1. The third-order valence-corrected chi connectivity index (χ3v) is 3.19. The summed E-state index contributed by atoms with van der Waals surface area (Å²) in [4.78, 5) is 4.61. The summed E-state index contributed by atoms with van der Waals surface area (Å²) in [6.45, 7) is 7.06. The molecule has 0 unspecified atom stereocenters. The zero-order chi connectivity index (χ0) is 14.8. The predicted molar refractivity (Wildman–Crippen MR) is 81.9 cm³/mol. The summed E-state index contributed by atoms with van der Waals surface area (Å²) in [5.74, 6) is 0.827. The van der Waals surface area contributed by atoms with Gasteiger partial charge < -0.3 is 14.5 Å². The Morgan fingerprint density at radius 1 is 1.10 bits per heavy atom. The highest BCUT2D eigenvalue weighted by Crippen LogP contribution is 2.11. The maximum atomic E-state index is 8.73. The Bertz CT molecular complexity index is 409. The predicted octanol–water partition coefficient (Wildman–Crippen LogP) is 2.21. The summed E-state index contributed by atoms with van der Waals surface area (Å²) in [6, 6.07) is 9.36. The minimum atomic E-state index is 0.663. The Morgan fingerprint density at radius 3 is 2.35 bits per heavy atom. The molecule has 0 aliphatic carbocycles. The number of rotatable bonds is 9. The normalized spacial score (nSPS) is 10.8. The van der Waals surface area contributed by atoms with Gasteiger partial charge in [-0.25, -0.2) is 0 Å². The van der Waals surface area contributed by atoms with Gasteiger partial charge in [0.1, 0.15) is 12.4 Å². The maximum Gasteiger partial charge on any atom is 0.119 e. The molecule has 0 saturated carbocycles. The van der Waals surface area contributed by atoms with E-state index in [0.717, 1.165) is 31.9 Å². The van der Waals surface area contributed by atoms with E-state index in [1.54, 1.807) is 12.1 Å². The fourth-order valence-corrected chi connectivity index (χ4v) is 1.96. The molecule has 1 rings (SSSR count). The molecule has 0 aliphatic heterocycles. The van der Waals surface area contributed by atoms with E-state index in [0.29, 0.717) is 12.2 Å². The maximum absolute atomic E-state index is 8.73. The van der Waals surface area contributed by atoms with Crippen LogP contribution in [0.1, 0.15) is 18.9 Å². The number of benzene rings is 1. The molecule has 4 heteroatoms. The molecule has 0 atom stereocenters. The number of hydrogen-bond donors (Lipinski definition) is 0. The molecule has 0 fully saturated rings. The van der Waals surface area contributed by atoms with Crippen molar-refractivity contribution in [1.82, 2.24) is 9.80 Å². The van der Waals surface area contributed by atoms with Crippen molar-refractivity contribution in [3.05, 3.63) is 29.8 Å². The standard InChI is InChI=1S/C16H25N3O/c1-4-19(11-5-10-18(2)3)12-13-20-16-8-6-15(14-17)7-9-16/h6-9H,4-5,10-13H2,1-3H3. The van der Waals surface area contributed by atoms with Crippen LogP contribution in [0, 0.1) is 11.3 Å². The van der Waals surface area contributed by atoms with E-state index in [2.05, 4.69) is 36.9 Å². The van der Waals surface area contributed by atoms with E-state index < -0.39 is 0 Å². The van der Waals surface area contributed by atoms with Gasteiger partial charge in [-0.05, 0) is 64.4 Å². The Balaban J connectivity index is 2.24. The topological polar surface area (TPSA) is 39.5 Å². The van der Waals surface area contributed by atoms with Crippen LogP contribution < -0.4 is 4.74 Å². The fraction of sp³-hybridized carbons (Fsp3) is 0.562. The highest BCUT2D eigenvalue weighted by atomic mass is 16.5. The zero-order valence-electron chi connectivity index (χ0n) is 12.8. The summed E-state index contributed by atoms with van der Waals surface area (Å²) in [5.41, 5.74) is 0.663. The number of hydrogen-bond acceptors (Lipinski definition) is 4. The summed E-state index contributed by atoms with van der Waals surface area (Å²) >= 11 is 0. The second-order valence-electron chi connectivity index (χ2n) is 5.08. The van der Waals surface area contributed by atoms with Crippen molar-refractivity contribution in [3.8, 4) is 11.8 Å². The summed E-state index contributed by atoms with van der Waals surface area (Å²) in [5, 5.41) is 8.73. The van der Waals surface area contributed by atoms with Gasteiger partial charge in [0, 0.05) is 6.54 Å². The molecule has 0 saturated heterocycles. The summed E-state index contributed by atoms with van der Waals surface area (Å²) < 4.78 is 5.70. The van der Waals surface area contributed by atoms with Crippen LogP contribution in [0.2, 0.25) is 0 Å². The third kappa shape index (κ3) is 6.55. The lowest BCUT2D eigenvalue weighted by Gasteiger charge is -2.21. The molecule has 110 valence electrons. The Kier molecular flexibility index (Phi) is 7.71. The molecule has 1 aromatic carbocycles. The van der Waals surface area contributed by atoms with E-state index in [-0.39, 0.29) is 0 Å². The highest BCUT2D eigenvalue weighted by molar-refractivity contribution is 5.34. The van der Waals surface area contributed by atoms with Crippen molar-refractivity contribution in [2.24, 2.45) is 0 Å². The van der Waals surface area contributed by atoms with Crippen LogP contribution in [-0.4, -0.2) is 56.7 Å². The number of ether oxygens (including phenoxy) is 1. The van der Waals surface area contributed by atoms with Crippen LogP contribution in [-0.2, 0) is 0 Å². The third-order valence-electron chi connectivity index (χ3n) is 3.19. The number of likely N-dealkylation sites (N-methyl/N-ethyl adjacent to an activating group) is 1. The molecule has 0 aliphatic rings. The molecule has 0 radical (unpaired) electrons. The molecule has 0 amide bonds. The van der Waals surface area contributed by atoms with Crippen LogP contribution in [0.4, 0.5) is 0 Å². The highest BCUT2D eigenvalue weighted by Gasteiger charge is 2.03. The molecular formula is C16H25N3O. The lowest BCUT2D eigenvalue weighted by Crippen LogP contribution is -2.31. The van der Waals surface area contributed by atoms with Gasteiger partial charge in [-0.1, -0.05) is 6.92 Å². The Morgan fingerprint density at radius 2 is 1.80 bits per heavy atom. The van der Waals surface area contributed by atoms with Crippen molar-refractivity contribution in [2.75, 3.05) is 46.9 Å². The van der Waals surface area contributed by atoms with Gasteiger partial charge >= 0.3 is 0 Å². The first-order valence-electron chi connectivity index (χ1n) is 7.15. The molecule has 0 N–H and O–H groups in total. The Labute approximate surface area is 122 Å². The summed E-state index contributed by atoms with van der Waals surface area (Å²) in [7, 11) is 4.20. The minimum Gasteiger partial charge on any atom is -0.492 e. The summed E-state index contributed by atoms with van der Waals surface area (Å²) in [6.07, 6.45) is 1.18. The second-order valence-corrected chi connectivity index (χ2v) is 5.08. The smallest absolute Gasteiger partial charge is 0.119 e. The largest absolute Gasteiger partial charge is 0.492 e. The SMILES string of the molecule is CCN(CCCN(C)C)CCOc1ccc(C#N)cc1. The molecule has 0 bridgehead atoms. The molecule has 0 aromatic heterocycles. The van der Waals surface area contributed by atoms with Crippen LogP contribution >= 0.6 is 0 Å². The first-order chi connectivity index (χ1) is 9.65. The molecule has 0 heterocycles. The van der Waals surface area contributed by atoms with Crippen LogP contribution in [0.3, 0.4) is 0 Å². The van der Waals surface area contributed by atoms with E-state index in [9.17, 15) is 0 Å². The van der Waals surface area contributed by atoms with Gasteiger partial charge in [0.05, 0.1) is 11.6 Å². The second kappa shape index (κ2) is 9.35. The zero-order valence-corrected chi connectivity index (χ0v) is 12.8. The first-order valence-corrected chi connectivity index (χ1v) is 7.15. The van der Waals surface area contributed by atoms with Crippen LogP contribution in [0.25, 0.3) is 0 Å². The fourth-order valence-electron chi connectivity index (χ4n) is 1.96. The van der Waals surface area contributed by atoms with Gasteiger partial charge in [-0.15, -0.1) is 0 Å². The average Bonchev–Trinajstić information content (AvgIpc) is 2.46. The van der Waals surface area contributed by atoms with Gasteiger partial charge in [0.25, 0.3) is 0 Å². The first kappa shape index (κ1) is 16.5. The molecule has 1 aromatic rings. The van der Waals surface area contributed by atoms with Crippen molar-refractivity contribution < 1.29 is 4.74 Å². The van der Waals surface area contributed by atoms with Crippen molar-refractivity contribution in [1.29, 1.82) is 5.26 Å². The van der Waals surface area contributed by atoms with Gasteiger partial charge in [-0.3, -0.25) is 0 Å². The van der Waals surface area contributed by atoms with E-state index >= 15 is 0 Å².